The van der Waals surface area contributed by atoms with E-state index in [-0.39, 0.29) is 0 Å². The molecule has 0 spiro atoms. The lowest BCUT2D eigenvalue weighted by molar-refractivity contribution is 0.215. The Labute approximate surface area is 160 Å². The quantitative estimate of drug-likeness (QED) is 0.575. The van der Waals surface area contributed by atoms with Crippen molar-refractivity contribution in [1.29, 1.82) is 0 Å². The van der Waals surface area contributed by atoms with Gasteiger partial charge in [0.05, 0.1) is 7.11 Å². The van der Waals surface area contributed by atoms with E-state index in [1.54, 1.807) is 7.11 Å². The molecule has 0 fully saturated rings. The molecule has 0 aromatic heterocycles. The summed E-state index contributed by atoms with van der Waals surface area (Å²) in [7, 11) is 1.64. The van der Waals surface area contributed by atoms with Gasteiger partial charge < -0.3 is 19.9 Å². The predicted molar refractivity (Wildman–Crippen MR) is 109 cm³/mol. The molecule has 3 aromatic rings. The summed E-state index contributed by atoms with van der Waals surface area (Å²) in [6.45, 7) is 1.49. The molecule has 0 bridgehead atoms. The lowest BCUT2D eigenvalue weighted by Gasteiger charge is -2.13. The Bertz CT molecular complexity index is 832. The van der Waals surface area contributed by atoms with Gasteiger partial charge >= 0.3 is 0 Å². The van der Waals surface area contributed by atoms with E-state index < -0.39 is 0 Å². The van der Waals surface area contributed by atoms with Gasteiger partial charge in [-0.15, -0.1) is 0 Å². The van der Waals surface area contributed by atoms with Crippen LogP contribution in [0.2, 0.25) is 0 Å². The Kier molecular flexibility index (Phi) is 6.72. The second-order valence-corrected chi connectivity index (χ2v) is 6.10. The van der Waals surface area contributed by atoms with Crippen LogP contribution in [0.5, 0.6) is 17.2 Å². The van der Waals surface area contributed by atoms with Crippen molar-refractivity contribution >= 4 is 0 Å². The van der Waals surface area contributed by atoms with Crippen molar-refractivity contribution in [2.24, 2.45) is 5.73 Å². The van der Waals surface area contributed by atoms with Gasteiger partial charge in [0.2, 0.25) is 0 Å². The van der Waals surface area contributed by atoms with Crippen LogP contribution in [0.25, 0.3) is 11.1 Å². The molecule has 0 aliphatic carbocycles. The second-order valence-electron chi connectivity index (χ2n) is 6.10. The normalized spacial score (nSPS) is 10.4. The third kappa shape index (κ3) is 5.25. The van der Waals surface area contributed by atoms with Crippen LogP contribution in [-0.2, 0) is 6.42 Å². The summed E-state index contributed by atoms with van der Waals surface area (Å²) in [5.74, 6) is 2.39. The summed E-state index contributed by atoms with van der Waals surface area (Å²) in [6.07, 6.45) is 0.765. The standard InChI is InChI=1S/C23H25NO3/c1-25-22-12-9-20(13-14-24)23(17-22)27-16-15-26-21-10-7-19(8-11-21)18-5-3-2-4-6-18/h2-12,17H,13-16,24H2,1H3. The average molecular weight is 363 g/mol. The van der Waals surface area contributed by atoms with Crippen molar-refractivity contribution in [3.05, 3.63) is 78.4 Å². The predicted octanol–water partition coefficient (Wildman–Crippen LogP) is 4.32. The summed E-state index contributed by atoms with van der Waals surface area (Å²) in [5.41, 5.74) is 9.11. The van der Waals surface area contributed by atoms with Crippen molar-refractivity contribution < 1.29 is 14.2 Å². The summed E-state index contributed by atoms with van der Waals surface area (Å²) in [6, 6.07) is 24.2. The topological polar surface area (TPSA) is 53.7 Å². The maximum Gasteiger partial charge on any atom is 0.126 e. The van der Waals surface area contributed by atoms with Crippen LogP contribution >= 0.6 is 0 Å². The number of nitrogens with two attached hydrogens (primary N) is 1. The number of benzene rings is 3. The van der Waals surface area contributed by atoms with Gasteiger partial charge in [-0.05, 0) is 47.9 Å². The molecule has 140 valence electrons. The van der Waals surface area contributed by atoms with Gasteiger partial charge in [0.25, 0.3) is 0 Å². The number of rotatable bonds is 9. The van der Waals surface area contributed by atoms with E-state index in [4.69, 9.17) is 19.9 Å². The van der Waals surface area contributed by atoms with E-state index in [2.05, 4.69) is 24.3 Å². The zero-order chi connectivity index (χ0) is 18.9. The van der Waals surface area contributed by atoms with Crippen molar-refractivity contribution in [3.63, 3.8) is 0 Å². The lowest BCUT2D eigenvalue weighted by Crippen LogP contribution is -2.11. The minimum Gasteiger partial charge on any atom is -0.497 e. The molecule has 0 unspecified atom stereocenters. The first-order valence-corrected chi connectivity index (χ1v) is 9.08. The zero-order valence-electron chi connectivity index (χ0n) is 15.6. The Morgan fingerprint density at radius 1 is 0.741 bits per heavy atom. The Hall–Kier alpha value is -2.98. The Balaban J connectivity index is 1.53. The Morgan fingerprint density at radius 2 is 1.41 bits per heavy atom. The van der Waals surface area contributed by atoms with Gasteiger partial charge in [-0.25, -0.2) is 0 Å². The highest BCUT2D eigenvalue weighted by atomic mass is 16.5. The molecular weight excluding hydrogens is 338 g/mol. The van der Waals surface area contributed by atoms with Crippen molar-refractivity contribution in [2.75, 3.05) is 26.9 Å². The zero-order valence-corrected chi connectivity index (χ0v) is 15.6. The van der Waals surface area contributed by atoms with Gasteiger partial charge in [-0.1, -0.05) is 48.5 Å². The van der Waals surface area contributed by atoms with Crippen LogP contribution in [0, 0.1) is 0 Å². The van der Waals surface area contributed by atoms with Gasteiger partial charge in [0, 0.05) is 6.07 Å². The fraction of sp³-hybridized carbons (Fsp3) is 0.217. The first kappa shape index (κ1) is 18.8. The number of hydrogen-bond donors (Lipinski definition) is 1. The molecular formula is C23H25NO3. The van der Waals surface area contributed by atoms with Crippen LogP contribution in [0.1, 0.15) is 5.56 Å². The Morgan fingerprint density at radius 3 is 2.11 bits per heavy atom. The van der Waals surface area contributed by atoms with Crippen LogP contribution in [0.4, 0.5) is 0 Å². The lowest BCUT2D eigenvalue weighted by atomic mass is 10.1. The number of ether oxygens (including phenoxy) is 3. The van der Waals surface area contributed by atoms with Crippen molar-refractivity contribution in [2.45, 2.75) is 6.42 Å². The highest BCUT2D eigenvalue weighted by Gasteiger charge is 2.06. The number of methoxy groups -OCH3 is 1. The molecule has 0 aliphatic rings. The van der Waals surface area contributed by atoms with E-state index in [9.17, 15) is 0 Å². The third-order valence-electron chi connectivity index (χ3n) is 4.26. The molecule has 4 heteroatoms. The van der Waals surface area contributed by atoms with Crippen LogP contribution < -0.4 is 19.9 Å². The molecule has 0 heterocycles. The summed E-state index contributed by atoms with van der Waals surface area (Å²) < 4.78 is 16.9. The molecule has 27 heavy (non-hydrogen) atoms. The van der Waals surface area contributed by atoms with Crippen LogP contribution in [0.3, 0.4) is 0 Å². The first-order chi connectivity index (χ1) is 13.3. The molecule has 0 atom stereocenters. The largest absolute Gasteiger partial charge is 0.497 e. The van der Waals surface area contributed by atoms with E-state index in [0.29, 0.717) is 19.8 Å². The third-order valence-corrected chi connectivity index (χ3v) is 4.26. The average Bonchev–Trinajstić information content (AvgIpc) is 2.73. The molecule has 0 saturated heterocycles. The molecule has 4 nitrogen and oxygen atoms in total. The van der Waals surface area contributed by atoms with E-state index in [0.717, 1.165) is 29.2 Å². The van der Waals surface area contributed by atoms with Crippen LogP contribution in [-0.4, -0.2) is 26.9 Å². The summed E-state index contributed by atoms with van der Waals surface area (Å²) in [4.78, 5) is 0. The smallest absolute Gasteiger partial charge is 0.126 e. The highest BCUT2D eigenvalue weighted by Crippen LogP contribution is 2.25. The fourth-order valence-electron chi connectivity index (χ4n) is 2.84. The minimum atomic E-state index is 0.450. The summed E-state index contributed by atoms with van der Waals surface area (Å²) >= 11 is 0. The molecule has 0 amide bonds. The van der Waals surface area contributed by atoms with Gasteiger partial charge in [0.1, 0.15) is 30.5 Å². The molecule has 0 saturated carbocycles. The molecule has 2 N–H and O–H groups in total. The maximum absolute atomic E-state index is 5.89. The second kappa shape index (κ2) is 9.64. The molecule has 0 aliphatic heterocycles. The maximum atomic E-state index is 5.89. The fourth-order valence-corrected chi connectivity index (χ4v) is 2.84. The molecule has 3 rings (SSSR count). The first-order valence-electron chi connectivity index (χ1n) is 9.08. The van der Waals surface area contributed by atoms with Gasteiger partial charge in [-0.3, -0.25) is 0 Å². The monoisotopic (exact) mass is 363 g/mol. The minimum absolute atomic E-state index is 0.450. The van der Waals surface area contributed by atoms with E-state index in [1.165, 1.54) is 11.1 Å². The van der Waals surface area contributed by atoms with E-state index >= 15 is 0 Å². The molecule has 0 radical (unpaired) electrons. The summed E-state index contributed by atoms with van der Waals surface area (Å²) in [5, 5.41) is 0. The van der Waals surface area contributed by atoms with Crippen molar-refractivity contribution in [3.8, 4) is 28.4 Å². The van der Waals surface area contributed by atoms with Crippen LogP contribution in [0.15, 0.2) is 72.8 Å². The molecule has 3 aromatic carbocycles. The van der Waals surface area contributed by atoms with Crippen molar-refractivity contribution in [1.82, 2.24) is 0 Å². The SMILES string of the molecule is COc1ccc(CCN)c(OCCOc2ccc(-c3ccccc3)cc2)c1. The van der Waals surface area contributed by atoms with Gasteiger partial charge in [-0.2, -0.15) is 0 Å². The highest BCUT2D eigenvalue weighted by molar-refractivity contribution is 5.63. The van der Waals surface area contributed by atoms with Gasteiger partial charge in [0.15, 0.2) is 0 Å². The van der Waals surface area contributed by atoms with E-state index in [1.807, 2.05) is 48.5 Å². The number of hydrogen-bond acceptors (Lipinski definition) is 4.